The zero-order valence-corrected chi connectivity index (χ0v) is 31.6. The number of carbonyl (C=O) groups excluding carboxylic acids is 2. The second kappa shape index (κ2) is 31.1. The summed E-state index contributed by atoms with van der Waals surface area (Å²) < 4.78 is 0. The van der Waals surface area contributed by atoms with Crippen molar-refractivity contribution in [3.05, 3.63) is 48.6 Å². The first-order valence-corrected chi connectivity index (χ1v) is 19.6. The Balaban J connectivity index is 4.48. The molecule has 0 heterocycles. The molecule has 278 valence electrons. The summed E-state index contributed by atoms with van der Waals surface area (Å²) in [5, 5.41) is 33.0. The number of likely N-dealkylation sites (N-methyl/N-ethyl adjacent to an activating group) is 1. The maximum atomic E-state index is 13.3. The second-order valence-electron chi connectivity index (χ2n) is 13.9. The Labute approximate surface area is 295 Å². The third-order valence-electron chi connectivity index (χ3n) is 9.09. The highest BCUT2D eigenvalue weighted by atomic mass is 16.4. The Morgan fingerprint density at radius 1 is 0.500 bits per heavy atom. The van der Waals surface area contributed by atoms with Gasteiger partial charge in [-0.2, -0.15) is 0 Å². The largest absolute Gasteiger partial charge is 0.393 e. The van der Waals surface area contributed by atoms with Crippen molar-refractivity contribution in [1.29, 1.82) is 0 Å². The van der Waals surface area contributed by atoms with Gasteiger partial charge in [0.05, 0.1) is 6.61 Å². The molecule has 0 aliphatic carbocycles. The smallest absolute Gasteiger partial charge is 0.183 e. The quantitative estimate of drug-likeness (QED) is 0.0465. The van der Waals surface area contributed by atoms with Crippen LogP contribution in [0.2, 0.25) is 0 Å². The number of nitrogens with zero attached hydrogens (tertiary/aromatic N) is 1. The molecule has 0 aromatic rings. The van der Waals surface area contributed by atoms with Crippen LogP contribution in [0.4, 0.5) is 0 Å². The average Bonchev–Trinajstić information content (AvgIpc) is 3.07. The fourth-order valence-electron chi connectivity index (χ4n) is 5.96. The molecule has 0 aliphatic rings. The molecule has 6 nitrogen and oxygen atoms in total. The molecule has 3 N–H and O–H groups in total. The summed E-state index contributed by atoms with van der Waals surface area (Å²) in [7, 11) is 3.36. The van der Waals surface area contributed by atoms with Crippen molar-refractivity contribution in [1.82, 2.24) is 4.90 Å². The highest BCUT2D eigenvalue weighted by Gasteiger charge is 2.58. The van der Waals surface area contributed by atoms with Crippen molar-refractivity contribution < 1.29 is 24.9 Å². The van der Waals surface area contributed by atoms with E-state index in [1.807, 2.05) is 0 Å². The van der Waals surface area contributed by atoms with E-state index < -0.39 is 29.4 Å². The molecule has 48 heavy (non-hydrogen) atoms. The third kappa shape index (κ3) is 22.0. The van der Waals surface area contributed by atoms with E-state index in [1.54, 1.807) is 19.0 Å². The number of allylic oxidation sites excluding steroid dienone is 8. The van der Waals surface area contributed by atoms with Crippen LogP contribution in [0.5, 0.6) is 0 Å². The lowest BCUT2D eigenvalue weighted by molar-refractivity contribution is -0.193. The zero-order valence-electron chi connectivity index (χ0n) is 31.6. The van der Waals surface area contributed by atoms with Crippen molar-refractivity contribution in [3.63, 3.8) is 0 Å². The van der Waals surface area contributed by atoms with Crippen molar-refractivity contribution in [2.45, 2.75) is 179 Å². The predicted molar refractivity (Wildman–Crippen MR) is 204 cm³/mol. The van der Waals surface area contributed by atoms with Gasteiger partial charge in [-0.1, -0.05) is 127 Å². The molecule has 0 radical (unpaired) electrons. The number of hydrogen-bond acceptors (Lipinski definition) is 6. The number of aliphatic hydroxyl groups excluding tert-OH is 1. The summed E-state index contributed by atoms with van der Waals surface area (Å²) in [6.07, 6.45) is 41.2. The highest BCUT2D eigenvalue weighted by molar-refractivity contribution is 5.99. The van der Waals surface area contributed by atoms with Gasteiger partial charge in [0.2, 0.25) is 0 Å². The Kier molecular flexibility index (Phi) is 29.9. The maximum absolute atomic E-state index is 13.3. The minimum absolute atomic E-state index is 0.0221. The van der Waals surface area contributed by atoms with Gasteiger partial charge in [0.25, 0.3) is 0 Å². The summed E-state index contributed by atoms with van der Waals surface area (Å²) in [6.45, 7) is 3.24. The van der Waals surface area contributed by atoms with Gasteiger partial charge in [0, 0.05) is 19.4 Å². The standard InChI is InChI=1S/C42H75NO5/c1-5-7-9-11-13-15-17-19-21-23-25-27-29-31-33-35-39(45)41(47,37-43(3)4)42(48,38-44)40(46)36-34-32-30-28-26-24-22-20-18-16-14-12-10-8-6-2/h13-16,19-22,44,47-48H,5-12,17-18,23-38H2,1-4H3/b15-13-,16-14-,21-19-,22-20-/t41-,42-/m1/s1. The second-order valence-corrected chi connectivity index (χ2v) is 13.9. The van der Waals surface area contributed by atoms with Gasteiger partial charge in [0.15, 0.2) is 22.8 Å². The summed E-state index contributed by atoms with van der Waals surface area (Å²) in [4.78, 5) is 28.1. The van der Waals surface area contributed by atoms with Gasteiger partial charge in [0.1, 0.15) is 0 Å². The molecule has 0 fully saturated rings. The third-order valence-corrected chi connectivity index (χ3v) is 9.09. The molecular weight excluding hydrogens is 598 g/mol. The molecule has 0 bridgehead atoms. The van der Waals surface area contributed by atoms with Crippen LogP contribution in [0.1, 0.15) is 168 Å². The van der Waals surface area contributed by atoms with E-state index in [9.17, 15) is 24.9 Å². The number of ketones is 2. The molecule has 0 saturated heterocycles. The van der Waals surface area contributed by atoms with E-state index in [0.717, 1.165) is 77.0 Å². The molecule has 0 saturated carbocycles. The fourth-order valence-corrected chi connectivity index (χ4v) is 5.96. The molecule has 0 aromatic carbocycles. The van der Waals surface area contributed by atoms with E-state index in [-0.39, 0.29) is 19.4 Å². The number of rotatable bonds is 34. The first-order chi connectivity index (χ1) is 23.2. The van der Waals surface area contributed by atoms with Gasteiger partial charge in [-0.15, -0.1) is 0 Å². The molecule has 0 aliphatic heterocycles. The maximum Gasteiger partial charge on any atom is 0.183 e. The van der Waals surface area contributed by atoms with Crippen LogP contribution < -0.4 is 0 Å². The Morgan fingerprint density at radius 3 is 1.19 bits per heavy atom. The molecule has 0 aromatic heterocycles. The Morgan fingerprint density at radius 2 is 0.833 bits per heavy atom. The van der Waals surface area contributed by atoms with Crippen LogP contribution in [0, 0.1) is 0 Å². The van der Waals surface area contributed by atoms with Crippen LogP contribution in [-0.4, -0.2) is 70.2 Å². The summed E-state index contributed by atoms with van der Waals surface area (Å²) in [5.41, 5.74) is -4.87. The Bertz CT molecular complexity index is 908. The van der Waals surface area contributed by atoms with Crippen molar-refractivity contribution >= 4 is 11.6 Å². The zero-order chi connectivity index (χ0) is 35.8. The van der Waals surface area contributed by atoms with E-state index in [2.05, 4.69) is 62.5 Å². The highest BCUT2D eigenvalue weighted by Crippen LogP contribution is 2.30. The van der Waals surface area contributed by atoms with Crippen molar-refractivity contribution in [2.75, 3.05) is 27.2 Å². The SMILES string of the molecule is CCCCC/C=C\C/C=C\CCCCCCCC(=O)[C@](O)(CO)[C@@](O)(CN(C)C)C(=O)CCCCCCC/C=C\C/C=C\CCCCC. The van der Waals surface area contributed by atoms with Gasteiger partial charge in [-0.25, -0.2) is 0 Å². The van der Waals surface area contributed by atoms with Gasteiger partial charge < -0.3 is 20.2 Å². The molecule has 0 unspecified atom stereocenters. The molecule has 0 rings (SSSR count). The lowest BCUT2D eigenvalue weighted by Crippen LogP contribution is -2.69. The first-order valence-electron chi connectivity index (χ1n) is 19.6. The number of hydrogen-bond donors (Lipinski definition) is 3. The average molecular weight is 674 g/mol. The van der Waals surface area contributed by atoms with Crippen LogP contribution >= 0.6 is 0 Å². The number of Topliss-reactive ketones (excluding diaryl/α,β-unsaturated/α-hetero) is 2. The fraction of sp³-hybridized carbons (Fsp3) is 0.762. The molecular formula is C42H75NO5. The first kappa shape index (κ1) is 46.1. The molecule has 0 amide bonds. The summed E-state index contributed by atoms with van der Waals surface area (Å²) >= 11 is 0. The van der Waals surface area contributed by atoms with Crippen molar-refractivity contribution in [2.24, 2.45) is 0 Å². The lowest BCUT2D eigenvalue weighted by atomic mass is 9.74. The van der Waals surface area contributed by atoms with Crippen LogP contribution in [0.3, 0.4) is 0 Å². The topological polar surface area (TPSA) is 98.1 Å². The lowest BCUT2D eigenvalue weighted by Gasteiger charge is -2.41. The van der Waals surface area contributed by atoms with Crippen molar-refractivity contribution in [3.8, 4) is 0 Å². The van der Waals surface area contributed by atoms with Gasteiger partial charge >= 0.3 is 0 Å². The number of aliphatic hydroxyl groups is 3. The monoisotopic (exact) mass is 674 g/mol. The number of unbranched alkanes of at least 4 members (excludes halogenated alkanes) is 16. The normalized spacial score (nSPS) is 15.0. The minimum atomic E-state index is -2.51. The van der Waals surface area contributed by atoms with Crippen LogP contribution in [0.15, 0.2) is 48.6 Å². The van der Waals surface area contributed by atoms with E-state index in [1.165, 1.54) is 51.4 Å². The van der Waals surface area contributed by atoms with Gasteiger partial charge in [-0.3, -0.25) is 9.59 Å². The van der Waals surface area contributed by atoms with E-state index in [4.69, 9.17) is 0 Å². The van der Waals surface area contributed by atoms with E-state index in [0.29, 0.717) is 12.8 Å². The predicted octanol–water partition coefficient (Wildman–Crippen LogP) is 9.77. The summed E-state index contributed by atoms with van der Waals surface area (Å²) in [5.74, 6) is -1.24. The van der Waals surface area contributed by atoms with Crippen LogP contribution in [-0.2, 0) is 9.59 Å². The van der Waals surface area contributed by atoms with Gasteiger partial charge in [-0.05, 0) is 91.1 Å². The van der Waals surface area contributed by atoms with Crippen LogP contribution in [0.25, 0.3) is 0 Å². The van der Waals surface area contributed by atoms with E-state index >= 15 is 0 Å². The molecule has 2 atom stereocenters. The minimum Gasteiger partial charge on any atom is -0.393 e. The molecule has 0 spiro atoms. The molecule has 6 heteroatoms. The number of carbonyl (C=O) groups is 2. The summed E-state index contributed by atoms with van der Waals surface area (Å²) in [6, 6.07) is 0. The Hall–Kier alpha value is -1.86.